The molecule has 2 unspecified atom stereocenters. The highest BCUT2D eigenvalue weighted by Gasteiger charge is 2.39. The van der Waals surface area contributed by atoms with Crippen molar-refractivity contribution in [1.82, 2.24) is 19.8 Å². The van der Waals surface area contributed by atoms with Crippen LogP contribution in [-0.4, -0.2) is 59.2 Å². The van der Waals surface area contributed by atoms with E-state index in [4.69, 9.17) is 4.98 Å². The number of nitrogens with zero attached hydrogens (tertiary/aromatic N) is 4. The maximum absolute atomic E-state index is 13.0. The second-order valence-corrected chi connectivity index (χ2v) is 7.85. The van der Waals surface area contributed by atoms with Crippen molar-refractivity contribution in [2.45, 2.75) is 38.8 Å². The number of nitrogens with one attached hydrogen (secondary N) is 1. The lowest BCUT2D eigenvalue weighted by molar-refractivity contribution is 0.123. The molecule has 1 aromatic carbocycles. The molecule has 1 N–H and O–H groups in total. The maximum Gasteiger partial charge on any atom is 0.329 e. The highest BCUT2D eigenvalue weighted by Crippen LogP contribution is 2.33. The fourth-order valence-electron chi connectivity index (χ4n) is 4.14. The number of benzene rings is 1. The van der Waals surface area contributed by atoms with Crippen LogP contribution < -0.4 is 10.2 Å². The number of para-hydroxylation sites is 2. The molecule has 4 heterocycles. The molecule has 3 saturated heterocycles. The van der Waals surface area contributed by atoms with Gasteiger partial charge in [-0.05, 0) is 32.0 Å². The van der Waals surface area contributed by atoms with Gasteiger partial charge in [0.1, 0.15) is 0 Å². The highest BCUT2D eigenvalue weighted by molar-refractivity contribution is 5.93. The molecule has 2 bridgehead atoms. The maximum atomic E-state index is 13.0. The van der Waals surface area contributed by atoms with E-state index in [1.54, 1.807) is 4.57 Å². The molecule has 0 radical (unpaired) electrons. The molecule has 0 saturated carbocycles. The Kier molecular flexibility index (Phi) is 4.79. The standard InChI is InChI=1S/C21H27N5O/c1-15(2)7-6-12-22-21(27)26-19-9-5-4-8-18(19)23-20(26)25-14-16-10-11-17(25)13-24(16)3/h4-5,8-9,15-17H,10-14H2,1-3H3,(H,22,27). The third-order valence-corrected chi connectivity index (χ3v) is 5.53. The van der Waals surface area contributed by atoms with Crippen LogP contribution in [0.25, 0.3) is 11.0 Å². The monoisotopic (exact) mass is 365 g/mol. The fraction of sp³-hybridized carbons (Fsp3) is 0.524. The van der Waals surface area contributed by atoms with Gasteiger partial charge in [0, 0.05) is 31.1 Å². The minimum Gasteiger partial charge on any atom is -0.336 e. The molecule has 3 aliphatic heterocycles. The summed E-state index contributed by atoms with van der Waals surface area (Å²) in [6.45, 7) is 6.37. The lowest BCUT2D eigenvalue weighted by Crippen LogP contribution is -2.62. The Labute approximate surface area is 160 Å². The summed E-state index contributed by atoms with van der Waals surface area (Å²) in [7, 11) is 2.19. The average molecular weight is 365 g/mol. The first-order chi connectivity index (χ1) is 13.0. The van der Waals surface area contributed by atoms with Gasteiger partial charge in [0.25, 0.3) is 0 Å². The summed E-state index contributed by atoms with van der Waals surface area (Å²) in [4.78, 5) is 22.6. The summed E-state index contributed by atoms with van der Waals surface area (Å²) in [5, 5.41) is 2.94. The first-order valence-electron chi connectivity index (χ1n) is 9.75. The van der Waals surface area contributed by atoms with Gasteiger partial charge >= 0.3 is 6.03 Å². The predicted octanol–water partition coefficient (Wildman–Crippen LogP) is 2.54. The van der Waals surface area contributed by atoms with E-state index in [9.17, 15) is 4.79 Å². The summed E-state index contributed by atoms with van der Waals surface area (Å²) in [5.74, 6) is 7.16. The van der Waals surface area contributed by atoms with Crippen molar-refractivity contribution in [2.75, 3.05) is 31.6 Å². The second kappa shape index (κ2) is 7.24. The van der Waals surface area contributed by atoms with Crippen molar-refractivity contribution >= 4 is 23.0 Å². The van der Waals surface area contributed by atoms with Crippen molar-refractivity contribution in [3.05, 3.63) is 24.3 Å². The molecule has 2 aromatic rings. The van der Waals surface area contributed by atoms with Crippen LogP contribution in [0.4, 0.5) is 10.7 Å². The van der Waals surface area contributed by atoms with Crippen LogP contribution in [-0.2, 0) is 0 Å². The van der Waals surface area contributed by atoms with Gasteiger partial charge in [0.05, 0.1) is 17.6 Å². The third kappa shape index (κ3) is 3.40. The quantitative estimate of drug-likeness (QED) is 0.831. The van der Waals surface area contributed by atoms with Crippen LogP contribution >= 0.6 is 0 Å². The Hall–Kier alpha value is -2.52. The Balaban J connectivity index is 1.66. The van der Waals surface area contributed by atoms with Gasteiger partial charge in [0.15, 0.2) is 0 Å². The number of likely N-dealkylation sites (N-methyl/N-ethyl adjacent to an activating group) is 1. The van der Waals surface area contributed by atoms with Gasteiger partial charge in [-0.25, -0.2) is 14.3 Å². The van der Waals surface area contributed by atoms with E-state index >= 15 is 0 Å². The number of piperidine rings is 2. The fourth-order valence-corrected chi connectivity index (χ4v) is 4.14. The molecular weight excluding hydrogens is 338 g/mol. The molecule has 5 rings (SSSR count). The lowest BCUT2D eigenvalue weighted by Gasteiger charge is -2.50. The summed E-state index contributed by atoms with van der Waals surface area (Å²) >= 11 is 0. The van der Waals surface area contributed by atoms with E-state index in [0.29, 0.717) is 24.5 Å². The molecule has 142 valence electrons. The van der Waals surface area contributed by atoms with Gasteiger partial charge in [-0.3, -0.25) is 4.90 Å². The van der Waals surface area contributed by atoms with Crippen LogP contribution in [0.1, 0.15) is 26.7 Å². The van der Waals surface area contributed by atoms with Crippen LogP contribution in [0.3, 0.4) is 0 Å². The Morgan fingerprint density at radius 2 is 2.04 bits per heavy atom. The summed E-state index contributed by atoms with van der Waals surface area (Å²) in [6, 6.07) is 8.62. The van der Waals surface area contributed by atoms with Gasteiger partial charge in [-0.2, -0.15) is 0 Å². The topological polar surface area (TPSA) is 53.4 Å². The molecule has 3 aliphatic rings. The Bertz CT molecular complexity index is 906. The predicted molar refractivity (Wildman–Crippen MR) is 108 cm³/mol. The van der Waals surface area contributed by atoms with Crippen molar-refractivity contribution in [1.29, 1.82) is 0 Å². The Morgan fingerprint density at radius 1 is 1.26 bits per heavy atom. The molecule has 6 heteroatoms. The molecule has 1 amide bonds. The number of carbonyl (C=O) groups is 1. The van der Waals surface area contributed by atoms with E-state index in [0.717, 1.165) is 36.5 Å². The molecule has 6 nitrogen and oxygen atoms in total. The number of rotatable bonds is 2. The number of piperazine rings is 1. The number of carbonyl (C=O) groups excluding carboxylic acids is 1. The van der Waals surface area contributed by atoms with Crippen LogP contribution in [0, 0.1) is 17.8 Å². The smallest absolute Gasteiger partial charge is 0.329 e. The normalized spacial score (nSPS) is 22.1. The zero-order valence-corrected chi connectivity index (χ0v) is 16.3. The zero-order chi connectivity index (χ0) is 19.0. The van der Waals surface area contributed by atoms with E-state index < -0.39 is 0 Å². The second-order valence-electron chi connectivity index (χ2n) is 7.85. The molecule has 0 spiro atoms. The third-order valence-electron chi connectivity index (χ3n) is 5.53. The first-order valence-corrected chi connectivity index (χ1v) is 9.75. The number of anilines is 1. The molecular formula is C21H27N5O. The minimum atomic E-state index is -0.161. The Morgan fingerprint density at radius 3 is 2.74 bits per heavy atom. The minimum absolute atomic E-state index is 0.161. The molecule has 27 heavy (non-hydrogen) atoms. The molecule has 2 atom stereocenters. The van der Waals surface area contributed by atoms with Crippen molar-refractivity contribution < 1.29 is 4.79 Å². The largest absolute Gasteiger partial charge is 0.336 e. The van der Waals surface area contributed by atoms with Crippen molar-refractivity contribution in [3.63, 3.8) is 0 Å². The van der Waals surface area contributed by atoms with Crippen LogP contribution in [0.2, 0.25) is 0 Å². The van der Waals surface area contributed by atoms with Crippen molar-refractivity contribution in [3.8, 4) is 11.8 Å². The van der Waals surface area contributed by atoms with E-state index in [1.807, 2.05) is 38.1 Å². The lowest BCUT2D eigenvalue weighted by atomic mass is 9.92. The highest BCUT2D eigenvalue weighted by atomic mass is 16.2. The van der Waals surface area contributed by atoms with Gasteiger partial charge < -0.3 is 10.2 Å². The number of hydrogen-bond donors (Lipinski definition) is 1. The van der Waals surface area contributed by atoms with Gasteiger partial charge in [-0.15, -0.1) is 0 Å². The molecule has 1 aromatic heterocycles. The summed E-state index contributed by atoms with van der Waals surface area (Å²) in [5.41, 5.74) is 1.70. The number of amides is 1. The first kappa shape index (κ1) is 17.9. The van der Waals surface area contributed by atoms with Gasteiger partial charge in [0.2, 0.25) is 5.95 Å². The summed E-state index contributed by atoms with van der Waals surface area (Å²) < 4.78 is 1.73. The van der Waals surface area contributed by atoms with Crippen LogP contribution in [0.15, 0.2) is 24.3 Å². The number of aromatic nitrogens is 2. The molecule has 0 aliphatic carbocycles. The van der Waals surface area contributed by atoms with Gasteiger partial charge in [-0.1, -0.05) is 37.8 Å². The number of imidazole rings is 1. The SMILES string of the molecule is CC(C)C#CCNC(=O)n1c(N2CC3CCC2CN3C)nc2ccccc21. The van der Waals surface area contributed by atoms with Crippen molar-refractivity contribution in [2.24, 2.45) is 5.92 Å². The van der Waals surface area contributed by atoms with E-state index in [-0.39, 0.29) is 6.03 Å². The number of hydrogen-bond acceptors (Lipinski definition) is 4. The average Bonchev–Trinajstić information content (AvgIpc) is 3.05. The number of fused-ring (bicyclic) bond motifs is 4. The zero-order valence-electron chi connectivity index (χ0n) is 16.3. The van der Waals surface area contributed by atoms with E-state index in [1.165, 1.54) is 6.42 Å². The summed E-state index contributed by atoms with van der Waals surface area (Å²) in [6.07, 6.45) is 2.37. The van der Waals surface area contributed by atoms with Crippen LogP contribution in [0.5, 0.6) is 0 Å². The van der Waals surface area contributed by atoms with E-state index in [2.05, 4.69) is 34.0 Å². The molecule has 3 fully saturated rings.